The molecule has 0 aliphatic carbocycles. The monoisotopic (exact) mass is 393 g/mol. The Hall–Kier alpha value is -1.56. The van der Waals surface area contributed by atoms with Gasteiger partial charge in [-0.15, -0.1) is 0 Å². The van der Waals surface area contributed by atoms with Crippen LogP contribution in [0.25, 0.3) is 22.2 Å². The number of thioether (sulfide) groups is 1. The van der Waals surface area contributed by atoms with E-state index in [1.165, 1.54) is 11.8 Å². The molecular weight excluding hydrogens is 377 g/mol. The first kappa shape index (κ1) is 18.2. The number of halogens is 2. The quantitative estimate of drug-likeness (QED) is 0.440. The molecular formula is C18H17Cl2N3OS. The van der Waals surface area contributed by atoms with Gasteiger partial charge in [0.2, 0.25) is 5.43 Å². The molecule has 4 nitrogen and oxygen atoms in total. The van der Waals surface area contributed by atoms with Crippen molar-refractivity contribution in [2.24, 2.45) is 0 Å². The highest BCUT2D eigenvalue weighted by atomic mass is 35.5. The molecule has 0 bridgehead atoms. The molecule has 0 N–H and O–H groups in total. The molecule has 0 aliphatic heterocycles. The van der Waals surface area contributed by atoms with Crippen LogP contribution in [0.15, 0.2) is 40.5 Å². The van der Waals surface area contributed by atoms with Crippen LogP contribution in [0.4, 0.5) is 0 Å². The second kappa shape index (κ2) is 6.63. The zero-order chi connectivity index (χ0) is 18.4. The van der Waals surface area contributed by atoms with Crippen molar-refractivity contribution >= 4 is 46.0 Å². The number of fused-ring (bicyclic) bond motifs is 1. The molecule has 2 heterocycles. The zero-order valence-electron chi connectivity index (χ0n) is 14.3. The normalized spacial score (nSPS) is 11.9. The molecule has 130 valence electrons. The van der Waals surface area contributed by atoms with Crippen LogP contribution >= 0.6 is 35.0 Å². The van der Waals surface area contributed by atoms with Gasteiger partial charge in [-0.3, -0.25) is 4.79 Å². The maximum absolute atomic E-state index is 13.1. The molecule has 0 unspecified atom stereocenters. The molecule has 1 aromatic carbocycles. The number of aromatic nitrogens is 3. The molecule has 3 aromatic rings. The maximum Gasteiger partial charge on any atom is 0.200 e. The van der Waals surface area contributed by atoms with E-state index in [0.29, 0.717) is 37.4 Å². The summed E-state index contributed by atoms with van der Waals surface area (Å²) in [5, 5.41) is 1.94. The lowest BCUT2D eigenvalue weighted by atomic mass is 10.0. The van der Waals surface area contributed by atoms with Gasteiger partial charge >= 0.3 is 0 Å². The molecule has 0 spiro atoms. The van der Waals surface area contributed by atoms with Crippen LogP contribution in [0.3, 0.4) is 0 Å². The Labute approximate surface area is 160 Å². The van der Waals surface area contributed by atoms with Crippen molar-refractivity contribution in [3.8, 4) is 11.1 Å². The van der Waals surface area contributed by atoms with E-state index in [1.807, 2.05) is 10.8 Å². The van der Waals surface area contributed by atoms with Crippen LogP contribution in [0.1, 0.15) is 20.8 Å². The Kier molecular flexibility index (Phi) is 4.84. The SMILES string of the molecule is CSc1ncc2c(=O)c(-c3c(Cl)cccc3Cl)cn(C(C)(C)C)c2n1. The summed E-state index contributed by atoms with van der Waals surface area (Å²) >= 11 is 14.1. The van der Waals surface area contributed by atoms with E-state index in [4.69, 9.17) is 23.2 Å². The summed E-state index contributed by atoms with van der Waals surface area (Å²) in [5.41, 5.74) is 1.10. The average molecular weight is 394 g/mol. The smallest absolute Gasteiger partial charge is 0.200 e. The molecule has 0 saturated heterocycles. The number of hydrogen-bond acceptors (Lipinski definition) is 4. The van der Waals surface area contributed by atoms with Gasteiger partial charge < -0.3 is 4.57 Å². The van der Waals surface area contributed by atoms with Gasteiger partial charge in [-0.05, 0) is 39.2 Å². The van der Waals surface area contributed by atoms with Gasteiger partial charge in [-0.2, -0.15) is 0 Å². The summed E-state index contributed by atoms with van der Waals surface area (Å²) < 4.78 is 1.97. The predicted molar refractivity (Wildman–Crippen MR) is 106 cm³/mol. The van der Waals surface area contributed by atoms with Crippen molar-refractivity contribution in [3.63, 3.8) is 0 Å². The molecule has 0 radical (unpaired) electrons. The molecule has 0 aliphatic rings. The van der Waals surface area contributed by atoms with Gasteiger partial charge in [0, 0.05) is 29.1 Å². The minimum atomic E-state index is -0.293. The molecule has 25 heavy (non-hydrogen) atoms. The third kappa shape index (κ3) is 3.28. The molecule has 0 fully saturated rings. The van der Waals surface area contributed by atoms with Crippen molar-refractivity contribution in [1.29, 1.82) is 0 Å². The van der Waals surface area contributed by atoms with E-state index in [9.17, 15) is 4.79 Å². The van der Waals surface area contributed by atoms with Crippen molar-refractivity contribution < 1.29 is 0 Å². The lowest BCUT2D eigenvalue weighted by Crippen LogP contribution is -2.26. The third-order valence-corrected chi connectivity index (χ3v) is 5.05. The van der Waals surface area contributed by atoms with E-state index in [0.717, 1.165) is 0 Å². The summed E-state index contributed by atoms with van der Waals surface area (Å²) in [6, 6.07) is 5.20. The van der Waals surface area contributed by atoms with Crippen molar-refractivity contribution in [3.05, 3.63) is 50.9 Å². The van der Waals surface area contributed by atoms with Gasteiger partial charge in [0.15, 0.2) is 5.16 Å². The fourth-order valence-electron chi connectivity index (χ4n) is 2.64. The molecule has 3 rings (SSSR count). The average Bonchev–Trinajstić information content (AvgIpc) is 2.55. The van der Waals surface area contributed by atoms with Crippen LogP contribution in [0.2, 0.25) is 10.0 Å². The molecule has 0 amide bonds. The van der Waals surface area contributed by atoms with Crippen LogP contribution in [-0.2, 0) is 5.54 Å². The molecule has 2 aromatic heterocycles. The first-order valence-corrected chi connectivity index (χ1v) is 9.63. The molecule has 0 atom stereocenters. The van der Waals surface area contributed by atoms with Crippen molar-refractivity contribution in [2.75, 3.05) is 6.26 Å². The molecule has 7 heteroatoms. The fourth-order valence-corrected chi connectivity index (χ4v) is 3.57. The summed E-state index contributed by atoms with van der Waals surface area (Å²) in [6.07, 6.45) is 5.26. The zero-order valence-corrected chi connectivity index (χ0v) is 16.6. The first-order valence-electron chi connectivity index (χ1n) is 7.65. The standard InChI is InChI=1S/C18H17Cl2N3OS/c1-18(2,3)23-9-11(14-12(19)6-5-7-13(14)20)15(24)10-8-21-17(25-4)22-16(10)23/h5-9H,1-4H3. The van der Waals surface area contributed by atoms with E-state index < -0.39 is 0 Å². The van der Waals surface area contributed by atoms with Gasteiger partial charge in [-0.1, -0.05) is 41.0 Å². The Morgan fingerprint density at radius 1 is 1.16 bits per heavy atom. The van der Waals surface area contributed by atoms with Crippen molar-refractivity contribution in [2.45, 2.75) is 31.5 Å². The van der Waals surface area contributed by atoms with Gasteiger partial charge in [0.25, 0.3) is 0 Å². The van der Waals surface area contributed by atoms with Crippen LogP contribution < -0.4 is 5.43 Å². The highest BCUT2D eigenvalue weighted by Crippen LogP contribution is 2.34. The van der Waals surface area contributed by atoms with E-state index in [-0.39, 0.29) is 11.0 Å². The highest BCUT2D eigenvalue weighted by molar-refractivity contribution is 7.98. The number of rotatable bonds is 2. The topological polar surface area (TPSA) is 47.8 Å². The first-order chi connectivity index (χ1) is 11.7. The summed E-state index contributed by atoms with van der Waals surface area (Å²) in [7, 11) is 0. The number of pyridine rings is 1. The second-order valence-corrected chi connectivity index (χ2v) is 8.19. The van der Waals surface area contributed by atoms with Gasteiger partial charge in [-0.25, -0.2) is 9.97 Å². The van der Waals surface area contributed by atoms with E-state index in [2.05, 4.69) is 30.7 Å². The minimum absolute atomic E-state index is 0.182. The lowest BCUT2D eigenvalue weighted by Gasteiger charge is -2.26. The van der Waals surface area contributed by atoms with Crippen LogP contribution in [-0.4, -0.2) is 20.8 Å². The Morgan fingerprint density at radius 2 is 1.80 bits per heavy atom. The van der Waals surface area contributed by atoms with E-state index in [1.54, 1.807) is 30.6 Å². The highest BCUT2D eigenvalue weighted by Gasteiger charge is 2.22. The largest absolute Gasteiger partial charge is 0.326 e. The lowest BCUT2D eigenvalue weighted by molar-refractivity contribution is 0.405. The van der Waals surface area contributed by atoms with Crippen LogP contribution in [0.5, 0.6) is 0 Å². The van der Waals surface area contributed by atoms with Gasteiger partial charge in [0.1, 0.15) is 5.65 Å². The Bertz CT molecular complexity index is 1000. The Morgan fingerprint density at radius 3 is 2.36 bits per heavy atom. The second-order valence-electron chi connectivity index (χ2n) is 6.60. The predicted octanol–water partition coefficient (Wildman–Crippen LogP) is 5.24. The Balaban J connectivity index is 2.47. The maximum atomic E-state index is 13.1. The minimum Gasteiger partial charge on any atom is -0.326 e. The van der Waals surface area contributed by atoms with Crippen molar-refractivity contribution in [1.82, 2.24) is 14.5 Å². The number of nitrogens with zero attached hydrogens (tertiary/aromatic N) is 3. The fraction of sp³-hybridized carbons (Fsp3) is 0.278. The number of benzene rings is 1. The summed E-state index contributed by atoms with van der Waals surface area (Å²) in [6.45, 7) is 6.15. The summed E-state index contributed by atoms with van der Waals surface area (Å²) in [4.78, 5) is 21.9. The number of hydrogen-bond donors (Lipinski definition) is 0. The molecule has 0 saturated carbocycles. The van der Waals surface area contributed by atoms with E-state index >= 15 is 0 Å². The third-order valence-electron chi connectivity index (χ3n) is 3.86. The van der Waals surface area contributed by atoms with Crippen LogP contribution in [0, 0.1) is 0 Å². The summed E-state index contributed by atoms with van der Waals surface area (Å²) in [5.74, 6) is 0. The van der Waals surface area contributed by atoms with Gasteiger partial charge in [0.05, 0.1) is 15.4 Å².